The number of nitrogens with zero attached hydrogens (tertiary/aromatic N) is 2. The summed E-state index contributed by atoms with van der Waals surface area (Å²) in [6, 6.07) is 5.99. The van der Waals surface area contributed by atoms with Crippen molar-refractivity contribution in [2.75, 3.05) is 0 Å². The Hall–Kier alpha value is -0.640. The van der Waals surface area contributed by atoms with Gasteiger partial charge in [-0.1, -0.05) is 45.4 Å². The lowest BCUT2D eigenvalue weighted by molar-refractivity contribution is 0.814. The lowest BCUT2D eigenvalue weighted by Gasteiger charge is -2.03. The number of halogens is 2. The third kappa shape index (κ3) is 5.89. The maximum Gasteiger partial charge on any atom is 0.224 e. The van der Waals surface area contributed by atoms with Crippen LogP contribution in [0.15, 0.2) is 23.6 Å². The molecule has 0 unspecified atom stereocenters. The summed E-state index contributed by atoms with van der Waals surface area (Å²) in [4.78, 5) is 9.22. The number of thiophene rings is 1. The zero-order valence-electron chi connectivity index (χ0n) is 11.5. The Morgan fingerprint density at radius 3 is 2.11 bits per heavy atom. The molecule has 0 atom stereocenters. The molecule has 2 aromatic heterocycles. The third-order valence-electron chi connectivity index (χ3n) is 2.39. The van der Waals surface area contributed by atoms with E-state index in [1.54, 1.807) is 6.07 Å². The number of hydrogen-bond donors (Lipinski definition) is 0. The van der Waals surface area contributed by atoms with Crippen molar-refractivity contribution in [3.8, 4) is 0 Å². The van der Waals surface area contributed by atoms with Crippen molar-refractivity contribution in [3.05, 3.63) is 44.6 Å². The molecule has 5 heteroatoms. The average molecular weight is 317 g/mol. The smallest absolute Gasteiger partial charge is 0.223 e. The Balaban J connectivity index is 0.000000200. The fourth-order valence-corrected chi connectivity index (χ4v) is 2.49. The first-order valence-electron chi connectivity index (χ1n) is 6.13. The SMILES string of the molecule is CC(C)c1cc(Cl)nc(Cl)n1.CC(C)c1cccs1. The van der Waals surface area contributed by atoms with Crippen LogP contribution in [-0.2, 0) is 0 Å². The molecule has 0 amide bonds. The van der Waals surface area contributed by atoms with Gasteiger partial charge < -0.3 is 0 Å². The molecule has 104 valence electrons. The maximum atomic E-state index is 5.66. The van der Waals surface area contributed by atoms with Crippen LogP contribution in [-0.4, -0.2) is 9.97 Å². The number of hydrogen-bond acceptors (Lipinski definition) is 3. The maximum absolute atomic E-state index is 5.66. The van der Waals surface area contributed by atoms with Crippen LogP contribution in [0.5, 0.6) is 0 Å². The van der Waals surface area contributed by atoms with Gasteiger partial charge in [-0.2, -0.15) is 0 Å². The van der Waals surface area contributed by atoms with Crippen molar-refractivity contribution in [2.45, 2.75) is 39.5 Å². The van der Waals surface area contributed by atoms with E-state index >= 15 is 0 Å². The highest BCUT2D eigenvalue weighted by atomic mass is 35.5. The van der Waals surface area contributed by atoms with E-state index < -0.39 is 0 Å². The van der Waals surface area contributed by atoms with E-state index in [9.17, 15) is 0 Å². The molecule has 0 bridgehead atoms. The molecule has 0 saturated carbocycles. The summed E-state index contributed by atoms with van der Waals surface area (Å²) in [5.41, 5.74) is 0.870. The first kappa shape index (κ1) is 16.4. The molecule has 0 aromatic carbocycles. The molecular formula is C14H18Cl2N2S. The standard InChI is InChI=1S/C7H8Cl2N2.C7H10S/c1-4(2)5-3-6(8)11-7(9)10-5;1-6(2)7-4-3-5-8-7/h3-4H,1-2H3;3-6H,1-2H3. The first-order valence-corrected chi connectivity index (χ1v) is 7.77. The van der Waals surface area contributed by atoms with E-state index in [0.29, 0.717) is 17.0 Å². The minimum atomic E-state index is 0.209. The second kappa shape index (κ2) is 7.83. The predicted molar refractivity (Wildman–Crippen MR) is 84.5 cm³/mol. The molecule has 2 heterocycles. The fraction of sp³-hybridized carbons (Fsp3) is 0.429. The largest absolute Gasteiger partial charge is 0.224 e. The topological polar surface area (TPSA) is 25.8 Å². The van der Waals surface area contributed by atoms with Crippen LogP contribution in [0, 0.1) is 0 Å². The molecule has 0 N–H and O–H groups in total. The van der Waals surface area contributed by atoms with E-state index in [4.69, 9.17) is 23.2 Å². The normalized spacial score (nSPS) is 10.5. The van der Waals surface area contributed by atoms with Crippen LogP contribution in [0.4, 0.5) is 0 Å². The van der Waals surface area contributed by atoms with Crippen LogP contribution in [0.25, 0.3) is 0 Å². The van der Waals surface area contributed by atoms with Crippen LogP contribution in [0.3, 0.4) is 0 Å². The molecule has 19 heavy (non-hydrogen) atoms. The van der Waals surface area contributed by atoms with E-state index in [0.717, 1.165) is 5.69 Å². The van der Waals surface area contributed by atoms with Gasteiger partial charge in [0.25, 0.3) is 0 Å². The summed E-state index contributed by atoms with van der Waals surface area (Å²) in [5.74, 6) is 1.03. The lowest BCUT2D eigenvalue weighted by Crippen LogP contribution is -1.94. The van der Waals surface area contributed by atoms with E-state index in [2.05, 4.69) is 41.3 Å². The van der Waals surface area contributed by atoms with Gasteiger partial charge in [-0.05, 0) is 40.9 Å². The van der Waals surface area contributed by atoms with Gasteiger partial charge in [-0.15, -0.1) is 11.3 Å². The molecule has 0 aliphatic carbocycles. The number of rotatable bonds is 2. The summed E-state index contributed by atoms with van der Waals surface area (Å²) in [6.45, 7) is 8.47. The summed E-state index contributed by atoms with van der Waals surface area (Å²) in [6.07, 6.45) is 0. The van der Waals surface area contributed by atoms with Gasteiger partial charge in [0.05, 0.1) is 0 Å². The van der Waals surface area contributed by atoms with Gasteiger partial charge in [0.15, 0.2) is 0 Å². The Bertz CT molecular complexity index is 476. The van der Waals surface area contributed by atoms with Crippen molar-refractivity contribution in [3.63, 3.8) is 0 Å². The number of aromatic nitrogens is 2. The quantitative estimate of drug-likeness (QED) is 0.518. The molecule has 0 fully saturated rings. The highest BCUT2D eigenvalue weighted by Gasteiger charge is 2.04. The van der Waals surface area contributed by atoms with Crippen LogP contribution in [0.1, 0.15) is 50.1 Å². The Labute approximate surface area is 128 Å². The van der Waals surface area contributed by atoms with Gasteiger partial charge in [0, 0.05) is 10.6 Å². The lowest BCUT2D eigenvalue weighted by atomic mass is 10.1. The van der Waals surface area contributed by atoms with E-state index in [-0.39, 0.29) is 5.28 Å². The van der Waals surface area contributed by atoms with Crippen molar-refractivity contribution < 1.29 is 0 Å². The zero-order chi connectivity index (χ0) is 14.4. The summed E-state index contributed by atoms with van der Waals surface area (Å²) in [5, 5.41) is 2.73. The van der Waals surface area contributed by atoms with Gasteiger partial charge in [0.2, 0.25) is 5.28 Å². The fourth-order valence-electron chi connectivity index (χ4n) is 1.32. The van der Waals surface area contributed by atoms with E-state index in [1.165, 1.54) is 4.88 Å². The Morgan fingerprint density at radius 2 is 1.74 bits per heavy atom. The highest BCUT2D eigenvalue weighted by molar-refractivity contribution is 7.10. The van der Waals surface area contributed by atoms with Crippen molar-refractivity contribution in [2.24, 2.45) is 0 Å². The summed E-state index contributed by atoms with van der Waals surface area (Å²) < 4.78 is 0. The zero-order valence-corrected chi connectivity index (χ0v) is 13.9. The van der Waals surface area contributed by atoms with Gasteiger partial charge in [-0.3, -0.25) is 0 Å². The van der Waals surface area contributed by atoms with Gasteiger partial charge in [0.1, 0.15) is 5.15 Å². The minimum Gasteiger partial charge on any atom is -0.223 e. The van der Waals surface area contributed by atoms with Crippen LogP contribution < -0.4 is 0 Å². The molecule has 2 aromatic rings. The molecule has 0 aliphatic rings. The molecule has 0 radical (unpaired) electrons. The van der Waals surface area contributed by atoms with E-state index in [1.807, 2.05) is 25.2 Å². The van der Waals surface area contributed by atoms with Gasteiger partial charge >= 0.3 is 0 Å². The molecule has 2 nitrogen and oxygen atoms in total. The van der Waals surface area contributed by atoms with Crippen molar-refractivity contribution in [1.29, 1.82) is 0 Å². The van der Waals surface area contributed by atoms with Crippen molar-refractivity contribution in [1.82, 2.24) is 9.97 Å². The first-order chi connectivity index (χ1) is 8.90. The molecule has 2 rings (SSSR count). The molecule has 0 spiro atoms. The minimum absolute atomic E-state index is 0.209. The predicted octanol–water partition coefficient (Wildman–Crippen LogP) is 5.78. The summed E-state index contributed by atoms with van der Waals surface area (Å²) in [7, 11) is 0. The summed E-state index contributed by atoms with van der Waals surface area (Å²) >= 11 is 13.1. The molecule has 0 aliphatic heterocycles. The second-order valence-corrected chi connectivity index (χ2v) is 6.41. The second-order valence-electron chi connectivity index (χ2n) is 4.71. The van der Waals surface area contributed by atoms with Gasteiger partial charge in [-0.25, -0.2) is 9.97 Å². The van der Waals surface area contributed by atoms with Crippen molar-refractivity contribution >= 4 is 34.5 Å². The average Bonchev–Trinajstić information content (AvgIpc) is 2.81. The Morgan fingerprint density at radius 1 is 1.05 bits per heavy atom. The Kier molecular flexibility index (Phi) is 6.76. The van der Waals surface area contributed by atoms with Crippen LogP contribution >= 0.6 is 34.5 Å². The monoisotopic (exact) mass is 316 g/mol. The highest BCUT2D eigenvalue weighted by Crippen LogP contribution is 2.19. The third-order valence-corrected chi connectivity index (χ3v) is 3.93. The molecule has 0 saturated heterocycles. The van der Waals surface area contributed by atoms with Crippen LogP contribution in [0.2, 0.25) is 10.4 Å². The molecular weight excluding hydrogens is 299 g/mol.